The van der Waals surface area contributed by atoms with E-state index < -0.39 is 0 Å². The van der Waals surface area contributed by atoms with Crippen LogP contribution < -0.4 is 14.8 Å². The molecule has 1 N–H and O–H groups in total. The number of hydrogen-bond acceptors (Lipinski definition) is 4. The molecule has 0 atom stereocenters. The minimum atomic E-state index is 0.0640. The highest BCUT2D eigenvalue weighted by Crippen LogP contribution is 2.43. The highest BCUT2D eigenvalue weighted by Gasteiger charge is 2.38. The second-order valence-electron chi connectivity index (χ2n) is 7.54. The summed E-state index contributed by atoms with van der Waals surface area (Å²) in [6, 6.07) is 18.0. The molecule has 2 aromatic rings. The maximum Gasteiger partial charge on any atom is 0.234 e. The van der Waals surface area contributed by atoms with Crippen LogP contribution in [0.5, 0.6) is 11.5 Å². The molecule has 3 rings (SSSR count). The number of nitrogens with one attached hydrogen (secondary N) is 1. The predicted molar refractivity (Wildman–Crippen MR) is 111 cm³/mol. The normalized spacial score (nSPS) is 15.0. The lowest BCUT2D eigenvalue weighted by atomic mass is 9.64. The summed E-state index contributed by atoms with van der Waals surface area (Å²) < 4.78 is 10.9. The van der Waals surface area contributed by atoms with Crippen molar-refractivity contribution >= 4 is 5.91 Å². The molecule has 0 aromatic heterocycles. The number of nitrogens with zero attached hydrogens (tertiary/aromatic N) is 1. The standard InChI is InChI=1S/C23H30N2O3/c1-25(15-16-28-21-11-9-20(27-2)10-12-21)17-22(26)24-18-23(13-6-14-23)19-7-4-3-5-8-19/h3-5,7-12H,6,13-18H2,1-2H3,(H,24,26). The number of carbonyl (C=O) groups is 1. The molecule has 5 nitrogen and oxygen atoms in total. The molecule has 1 amide bonds. The fourth-order valence-electron chi connectivity index (χ4n) is 3.60. The largest absolute Gasteiger partial charge is 0.497 e. The van der Waals surface area contributed by atoms with Gasteiger partial charge in [-0.25, -0.2) is 0 Å². The first-order chi connectivity index (χ1) is 13.6. The number of hydrogen-bond donors (Lipinski definition) is 1. The highest BCUT2D eigenvalue weighted by atomic mass is 16.5. The first kappa shape index (κ1) is 20.2. The van der Waals surface area contributed by atoms with Gasteiger partial charge in [0.2, 0.25) is 5.91 Å². The van der Waals surface area contributed by atoms with Crippen molar-refractivity contribution in [2.45, 2.75) is 24.7 Å². The van der Waals surface area contributed by atoms with Crippen LogP contribution in [0.3, 0.4) is 0 Å². The minimum Gasteiger partial charge on any atom is -0.497 e. The van der Waals surface area contributed by atoms with Gasteiger partial charge in [-0.05, 0) is 49.7 Å². The van der Waals surface area contributed by atoms with Crippen molar-refractivity contribution < 1.29 is 14.3 Å². The molecule has 1 aliphatic rings. The fraction of sp³-hybridized carbons (Fsp3) is 0.435. The van der Waals surface area contributed by atoms with Crippen molar-refractivity contribution in [3.05, 3.63) is 60.2 Å². The lowest BCUT2D eigenvalue weighted by Crippen LogP contribution is -2.47. The Morgan fingerprint density at radius 1 is 1.07 bits per heavy atom. The monoisotopic (exact) mass is 382 g/mol. The quantitative estimate of drug-likeness (QED) is 0.685. The summed E-state index contributed by atoms with van der Waals surface area (Å²) in [4.78, 5) is 14.3. The van der Waals surface area contributed by atoms with E-state index in [1.54, 1.807) is 7.11 Å². The van der Waals surface area contributed by atoms with Crippen LogP contribution in [0, 0.1) is 0 Å². The Bertz CT molecular complexity index is 742. The molecule has 0 saturated heterocycles. The zero-order chi connectivity index (χ0) is 19.8. The third-order valence-electron chi connectivity index (χ3n) is 5.54. The van der Waals surface area contributed by atoms with E-state index in [2.05, 4.69) is 29.6 Å². The summed E-state index contributed by atoms with van der Waals surface area (Å²) in [5.74, 6) is 1.67. The maximum absolute atomic E-state index is 12.4. The number of carbonyl (C=O) groups excluding carboxylic acids is 1. The van der Waals surface area contributed by atoms with Gasteiger partial charge in [-0.1, -0.05) is 36.8 Å². The smallest absolute Gasteiger partial charge is 0.234 e. The number of rotatable bonds is 10. The van der Waals surface area contributed by atoms with E-state index in [1.807, 2.05) is 42.3 Å². The Morgan fingerprint density at radius 2 is 1.75 bits per heavy atom. The molecule has 0 bridgehead atoms. The second-order valence-corrected chi connectivity index (χ2v) is 7.54. The molecule has 1 aliphatic carbocycles. The summed E-state index contributed by atoms with van der Waals surface area (Å²) in [6.45, 7) is 2.30. The zero-order valence-corrected chi connectivity index (χ0v) is 16.8. The van der Waals surface area contributed by atoms with E-state index in [0.29, 0.717) is 26.2 Å². The van der Waals surface area contributed by atoms with Crippen LogP contribution in [0.15, 0.2) is 54.6 Å². The molecule has 5 heteroatoms. The Morgan fingerprint density at radius 3 is 2.36 bits per heavy atom. The highest BCUT2D eigenvalue weighted by molar-refractivity contribution is 5.78. The van der Waals surface area contributed by atoms with Gasteiger partial charge in [-0.2, -0.15) is 0 Å². The van der Waals surface area contributed by atoms with E-state index in [9.17, 15) is 4.79 Å². The van der Waals surface area contributed by atoms with Gasteiger partial charge in [0.1, 0.15) is 18.1 Å². The first-order valence-electron chi connectivity index (χ1n) is 9.89. The molecule has 150 valence electrons. The number of likely N-dealkylation sites (N-methyl/N-ethyl adjacent to an activating group) is 1. The molecular formula is C23H30N2O3. The fourth-order valence-corrected chi connectivity index (χ4v) is 3.60. The molecule has 0 radical (unpaired) electrons. The summed E-state index contributed by atoms with van der Waals surface area (Å²) in [5, 5.41) is 3.14. The molecule has 0 spiro atoms. The maximum atomic E-state index is 12.4. The second kappa shape index (κ2) is 9.60. The van der Waals surface area contributed by atoms with Crippen LogP contribution in [-0.4, -0.2) is 51.2 Å². The van der Waals surface area contributed by atoms with Crippen LogP contribution in [0.1, 0.15) is 24.8 Å². The number of ether oxygens (including phenoxy) is 2. The Labute approximate surface area is 167 Å². The Kier molecular flexibility index (Phi) is 6.93. The summed E-state index contributed by atoms with van der Waals surface area (Å²) >= 11 is 0. The van der Waals surface area contributed by atoms with Crippen molar-refractivity contribution in [1.29, 1.82) is 0 Å². The number of methoxy groups -OCH3 is 1. The molecule has 0 unspecified atom stereocenters. The topological polar surface area (TPSA) is 50.8 Å². The average Bonchev–Trinajstić information content (AvgIpc) is 2.68. The van der Waals surface area contributed by atoms with Crippen LogP contribution in [0.4, 0.5) is 0 Å². The van der Waals surface area contributed by atoms with Crippen molar-refractivity contribution in [2.75, 3.05) is 40.4 Å². The molecular weight excluding hydrogens is 352 g/mol. The van der Waals surface area contributed by atoms with E-state index in [4.69, 9.17) is 9.47 Å². The van der Waals surface area contributed by atoms with Gasteiger partial charge in [-0.15, -0.1) is 0 Å². The summed E-state index contributed by atoms with van der Waals surface area (Å²) in [7, 11) is 3.58. The van der Waals surface area contributed by atoms with Gasteiger partial charge >= 0.3 is 0 Å². The van der Waals surface area contributed by atoms with E-state index >= 15 is 0 Å². The van der Waals surface area contributed by atoms with Gasteiger partial charge in [0.25, 0.3) is 0 Å². The number of amides is 1. The van der Waals surface area contributed by atoms with Gasteiger partial charge in [0.15, 0.2) is 0 Å². The Balaban J connectivity index is 1.38. The van der Waals surface area contributed by atoms with Gasteiger partial charge in [-0.3, -0.25) is 9.69 Å². The van der Waals surface area contributed by atoms with Crippen molar-refractivity contribution in [3.8, 4) is 11.5 Å². The molecule has 1 saturated carbocycles. The Hall–Kier alpha value is -2.53. The van der Waals surface area contributed by atoms with E-state index in [-0.39, 0.29) is 11.3 Å². The molecule has 28 heavy (non-hydrogen) atoms. The average molecular weight is 383 g/mol. The van der Waals surface area contributed by atoms with Gasteiger partial charge < -0.3 is 14.8 Å². The summed E-state index contributed by atoms with van der Waals surface area (Å²) in [5.41, 5.74) is 1.45. The molecule has 0 aliphatic heterocycles. The molecule has 0 heterocycles. The van der Waals surface area contributed by atoms with E-state index in [1.165, 1.54) is 12.0 Å². The third-order valence-corrected chi connectivity index (χ3v) is 5.54. The first-order valence-corrected chi connectivity index (χ1v) is 9.89. The lowest BCUT2D eigenvalue weighted by Gasteiger charge is -2.42. The van der Waals surface area contributed by atoms with Crippen LogP contribution >= 0.6 is 0 Å². The van der Waals surface area contributed by atoms with Crippen LogP contribution in [0.2, 0.25) is 0 Å². The van der Waals surface area contributed by atoms with Crippen LogP contribution in [-0.2, 0) is 10.2 Å². The van der Waals surface area contributed by atoms with Crippen molar-refractivity contribution in [2.24, 2.45) is 0 Å². The van der Waals surface area contributed by atoms with E-state index in [0.717, 1.165) is 24.3 Å². The van der Waals surface area contributed by atoms with Crippen LogP contribution in [0.25, 0.3) is 0 Å². The predicted octanol–water partition coefficient (Wildman–Crippen LogP) is 3.24. The lowest BCUT2D eigenvalue weighted by molar-refractivity contribution is -0.122. The number of benzene rings is 2. The van der Waals surface area contributed by atoms with Gasteiger partial charge in [0.05, 0.1) is 13.7 Å². The van der Waals surface area contributed by atoms with Crippen molar-refractivity contribution in [1.82, 2.24) is 10.2 Å². The van der Waals surface area contributed by atoms with Gasteiger partial charge in [0, 0.05) is 18.5 Å². The summed E-state index contributed by atoms with van der Waals surface area (Å²) in [6.07, 6.45) is 3.51. The van der Waals surface area contributed by atoms with Crippen molar-refractivity contribution in [3.63, 3.8) is 0 Å². The zero-order valence-electron chi connectivity index (χ0n) is 16.8. The SMILES string of the molecule is COc1ccc(OCCN(C)CC(=O)NCC2(c3ccccc3)CCC2)cc1. The molecule has 2 aromatic carbocycles. The third kappa shape index (κ3) is 5.26. The minimum absolute atomic E-state index is 0.0640. The molecule has 1 fully saturated rings.